The van der Waals surface area contributed by atoms with Crippen LogP contribution in [0.25, 0.3) is 0 Å². The summed E-state index contributed by atoms with van der Waals surface area (Å²) in [5.74, 6) is -1.75. The first-order valence-electron chi connectivity index (χ1n) is 6.55. The summed E-state index contributed by atoms with van der Waals surface area (Å²) in [5, 5.41) is 11.5. The van der Waals surface area contributed by atoms with Gasteiger partial charge in [0.25, 0.3) is 0 Å². The standard InChI is InChI=1S/C14H13F2N3O/c15-10-4-8(6-17)5-11(16)13(10)19-3-1-2-9-12(19)7-18-14(9)20/h4-5,9,12H,1-3,7H2,(H,18,20)/t9-,12-/m1/s1. The number of carbonyl (C=O) groups excluding carboxylic acids is 1. The number of hydrogen-bond acceptors (Lipinski definition) is 3. The molecule has 6 heteroatoms. The van der Waals surface area contributed by atoms with Gasteiger partial charge in [-0.15, -0.1) is 0 Å². The van der Waals surface area contributed by atoms with E-state index in [4.69, 9.17) is 5.26 Å². The fourth-order valence-corrected chi connectivity index (χ4v) is 3.13. The molecule has 104 valence electrons. The number of nitriles is 1. The van der Waals surface area contributed by atoms with Gasteiger partial charge in [-0.25, -0.2) is 8.78 Å². The number of anilines is 1. The lowest BCUT2D eigenvalue weighted by molar-refractivity contribution is -0.123. The zero-order valence-electron chi connectivity index (χ0n) is 10.7. The first-order chi connectivity index (χ1) is 9.61. The van der Waals surface area contributed by atoms with Crippen LogP contribution in [-0.2, 0) is 4.79 Å². The molecule has 2 aliphatic rings. The van der Waals surface area contributed by atoms with Crippen LogP contribution < -0.4 is 10.2 Å². The second-order valence-electron chi connectivity index (χ2n) is 5.15. The van der Waals surface area contributed by atoms with Crippen LogP contribution in [0.4, 0.5) is 14.5 Å². The van der Waals surface area contributed by atoms with E-state index in [1.54, 1.807) is 11.0 Å². The number of halogens is 2. The Morgan fingerprint density at radius 2 is 2.05 bits per heavy atom. The smallest absolute Gasteiger partial charge is 0.225 e. The third-order valence-electron chi connectivity index (χ3n) is 4.03. The van der Waals surface area contributed by atoms with Crippen molar-refractivity contribution in [3.8, 4) is 6.07 Å². The van der Waals surface area contributed by atoms with Gasteiger partial charge in [0, 0.05) is 13.1 Å². The van der Waals surface area contributed by atoms with Gasteiger partial charge in [0.1, 0.15) is 5.69 Å². The van der Waals surface area contributed by atoms with Gasteiger partial charge in [-0.2, -0.15) is 5.26 Å². The minimum atomic E-state index is -0.749. The predicted octanol–water partition coefficient (Wildman–Crippen LogP) is 1.55. The predicted molar refractivity (Wildman–Crippen MR) is 67.9 cm³/mol. The average Bonchev–Trinajstić information content (AvgIpc) is 2.81. The van der Waals surface area contributed by atoms with E-state index < -0.39 is 11.6 Å². The number of benzene rings is 1. The molecule has 2 heterocycles. The minimum Gasteiger partial charge on any atom is -0.361 e. The molecule has 4 nitrogen and oxygen atoms in total. The van der Waals surface area contributed by atoms with Gasteiger partial charge in [-0.05, 0) is 25.0 Å². The van der Waals surface area contributed by atoms with Crippen molar-refractivity contribution in [2.75, 3.05) is 18.0 Å². The Labute approximate surface area is 115 Å². The Bertz CT molecular complexity index is 588. The maximum atomic E-state index is 14.1. The number of hydrogen-bond donors (Lipinski definition) is 1. The fourth-order valence-electron chi connectivity index (χ4n) is 3.13. The summed E-state index contributed by atoms with van der Waals surface area (Å²) >= 11 is 0. The van der Waals surface area contributed by atoms with Crippen LogP contribution >= 0.6 is 0 Å². The molecule has 1 N–H and O–H groups in total. The van der Waals surface area contributed by atoms with Gasteiger partial charge >= 0.3 is 0 Å². The molecule has 2 saturated heterocycles. The van der Waals surface area contributed by atoms with Crippen LogP contribution in [0.2, 0.25) is 0 Å². The van der Waals surface area contributed by atoms with E-state index >= 15 is 0 Å². The van der Waals surface area contributed by atoms with E-state index in [1.807, 2.05) is 0 Å². The van der Waals surface area contributed by atoms with Gasteiger partial charge in [-0.3, -0.25) is 4.79 Å². The molecule has 0 radical (unpaired) electrons. The largest absolute Gasteiger partial charge is 0.361 e. The normalized spacial score (nSPS) is 25.1. The molecule has 0 aromatic heterocycles. The Balaban J connectivity index is 2.01. The summed E-state index contributed by atoms with van der Waals surface area (Å²) in [6.45, 7) is 0.915. The molecule has 3 rings (SSSR count). The van der Waals surface area contributed by atoms with Crippen molar-refractivity contribution in [1.82, 2.24) is 5.32 Å². The monoisotopic (exact) mass is 277 g/mol. The summed E-state index contributed by atoms with van der Waals surface area (Å²) in [5.41, 5.74) is -0.173. The molecule has 2 aliphatic heterocycles. The first kappa shape index (κ1) is 12.9. The van der Waals surface area contributed by atoms with Gasteiger partial charge in [-0.1, -0.05) is 0 Å². The van der Waals surface area contributed by atoms with Crippen molar-refractivity contribution in [3.05, 3.63) is 29.3 Å². The summed E-state index contributed by atoms with van der Waals surface area (Å²) in [6.07, 6.45) is 1.46. The van der Waals surface area contributed by atoms with Crippen LogP contribution in [0.1, 0.15) is 18.4 Å². The molecule has 0 bridgehead atoms. The van der Waals surface area contributed by atoms with Crippen molar-refractivity contribution >= 4 is 11.6 Å². The minimum absolute atomic E-state index is 0.0436. The van der Waals surface area contributed by atoms with Crippen LogP contribution in [0, 0.1) is 28.9 Å². The number of fused-ring (bicyclic) bond motifs is 1. The number of rotatable bonds is 1. The Hall–Kier alpha value is -2.16. The molecule has 0 spiro atoms. The van der Waals surface area contributed by atoms with Crippen LogP contribution in [0.5, 0.6) is 0 Å². The topological polar surface area (TPSA) is 56.1 Å². The molecule has 1 aromatic rings. The molecule has 0 unspecified atom stereocenters. The Kier molecular flexibility index (Phi) is 3.05. The lowest BCUT2D eigenvalue weighted by atomic mass is 9.91. The van der Waals surface area contributed by atoms with Crippen molar-refractivity contribution in [2.24, 2.45) is 5.92 Å². The quantitative estimate of drug-likeness (QED) is 0.847. The highest BCUT2D eigenvalue weighted by Gasteiger charge is 2.42. The molecule has 20 heavy (non-hydrogen) atoms. The molecule has 1 aromatic carbocycles. The number of nitrogens with one attached hydrogen (secondary N) is 1. The van der Waals surface area contributed by atoms with Crippen molar-refractivity contribution in [2.45, 2.75) is 18.9 Å². The van der Waals surface area contributed by atoms with E-state index in [0.29, 0.717) is 19.5 Å². The van der Waals surface area contributed by atoms with Crippen molar-refractivity contribution in [1.29, 1.82) is 5.26 Å². The molecule has 2 atom stereocenters. The van der Waals surface area contributed by atoms with Crippen LogP contribution in [0.3, 0.4) is 0 Å². The van der Waals surface area contributed by atoms with Gasteiger partial charge in [0.2, 0.25) is 5.91 Å². The summed E-state index contributed by atoms with van der Waals surface area (Å²) in [6, 6.07) is 3.58. The van der Waals surface area contributed by atoms with Crippen LogP contribution in [-0.4, -0.2) is 25.0 Å². The molecule has 0 aliphatic carbocycles. The van der Waals surface area contributed by atoms with E-state index in [-0.39, 0.29) is 29.1 Å². The summed E-state index contributed by atoms with van der Waals surface area (Å²) in [4.78, 5) is 13.3. The molecular weight excluding hydrogens is 264 g/mol. The first-order valence-corrected chi connectivity index (χ1v) is 6.55. The van der Waals surface area contributed by atoms with Crippen LogP contribution in [0.15, 0.2) is 12.1 Å². The van der Waals surface area contributed by atoms with Crippen molar-refractivity contribution < 1.29 is 13.6 Å². The second kappa shape index (κ2) is 4.75. The van der Waals surface area contributed by atoms with E-state index in [1.165, 1.54) is 0 Å². The average molecular weight is 277 g/mol. The number of nitrogens with zero attached hydrogens (tertiary/aromatic N) is 2. The highest BCUT2D eigenvalue weighted by molar-refractivity contribution is 5.83. The van der Waals surface area contributed by atoms with Gasteiger partial charge < -0.3 is 10.2 Å². The highest BCUT2D eigenvalue weighted by atomic mass is 19.1. The van der Waals surface area contributed by atoms with Gasteiger partial charge in [0.15, 0.2) is 11.6 Å². The zero-order valence-corrected chi connectivity index (χ0v) is 10.7. The number of piperidine rings is 1. The van der Waals surface area contributed by atoms with E-state index in [9.17, 15) is 13.6 Å². The van der Waals surface area contributed by atoms with E-state index in [0.717, 1.165) is 18.6 Å². The second-order valence-corrected chi connectivity index (χ2v) is 5.15. The summed E-state index contributed by atoms with van der Waals surface area (Å²) in [7, 11) is 0. The summed E-state index contributed by atoms with van der Waals surface area (Å²) < 4.78 is 28.2. The highest BCUT2D eigenvalue weighted by Crippen LogP contribution is 2.34. The zero-order chi connectivity index (χ0) is 14.3. The van der Waals surface area contributed by atoms with E-state index in [2.05, 4.69) is 5.32 Å². The molecular formula is C14H13F2N3O. The third kappa shape index (κ3) is 1.90. The lowest BCUT2D eigenvalue weighted by Crippen LogP contribution is -2.46. The lowest BCUT2D eigenvalue weighted by Gasteiger charge is -2.37. The Morgan fingerprint density at radius 1 is 1.35 bits per heavy atom. The third-order valence-corrected chi connectivity index (χ3v) is 4.03. The van der Waals surface area contributed by atoms with Crippen molar-refractivity contribution in [3.63, 3.8) is 0 Å². The number of amides is 1. The molecule has 0 saturated carbocycles. The Morgan fingerprint density at radius 3 is 2.70 bits per heavy atom. The SMILES string of the molecule is N#Cc1cc(F)c(N2CCC[C@H]3C(=O)NC[C@H]32)c(F)c1. The maximum absolute atomic E-state index is 14.1. The number of carbonyl (C=O) groups is 1. The molecule has 2 fully saturated rings. The molecule has 1 amide bonds. The van der Waals surface area contributed by atoms with Gasteiger partial charge in [0.05, 0.1) is 23.6 Å². The fraction of sp³-hybridized carbons (Fsp3) is 0.429. The maximum Gasteiger partial charge on any atom is 0.225 e.